The smallest absolute Gasteiger partial charge is 0.261 e. The normalized spacial score (nSPS) is 15.2. The predicted molar refractivity (Wildman–Crippen MR) is 204 cm³/mol. The molecule has 0 fully saturated rings. The van der Waals surface area contributed by atoms with Crippen LogP contribution < -0.4 is 24.4 Å². The van der Waals surface area contributed by atoms with E-state index in [1.807, 2.05) is 65.6 Å². The highest BCUT2D eigenvalue weighted by Crippen LogP contribution is 2.34. The molecule has 54 heavy (non-hydrogen) atoms. The summed E-state index contributed by atoms with van der Waals surface area (Å²) in [5.74, 6) is 1.13. The Morgan fingerprint density at radius 1 is 0.759 bits per heavy atom. The topological polar surface area (TPSA) is 118 Å². The van der Waals surface area contributed by atoms with E-state index in [1.165, 1.54) is 4.90 Å². The van der Waals surface area contributed by atoms with Crippen LogP contribution in [0.15, 0.2) is 97.1 Å². The fourth-order valence-electron chi connectivity index (χ4n) is 7.48. The standard InChI is InChI=1S/C43H46N4O7/c1-29(2)34(35(24-30-10-4-3-5-11-30)44-40(48)19-22-46-27-52-37-15-9-8-14-36(37)46)26-45(21-18-31-16-17-38-39(25-31)54-28-53-38)41(49)20-23-47-42(50)32-12-6-7-13-33(32)43(47)51/h3-17,25,29,34-35H,18-24,26-28H2,1-2H3,(H,44,48)/t34?,35-/m0/s1. The van der Waals surface area contributed by atoms with Crippen molar-refractivity contribution in [3.63, 3.8) is 0 Å². The van der Waals surface area contributed by atoms with Crippen molar-refractivity contribution in [2.75, 3.05) is 44.6 Å². The number of nitrogens with one attached hydrogen (secondary N) is 1. The van der Waals surface area contributed by atoms with Crippen molar-refractivity contribution in [2.45, 2.75) is 45.6 Å². The average Bonchev–Trinajstić information content (AvgIpc) is 3.89. The molecule has 11 nitrogen and oxygen atoms in total. The largest absolute Gasteiger partial charge is 0.471 e. The van der Waals surface area contributed by atoms with Gasteiger partial charge in [0, 0.05) is 45.1 Å². The van der Waals surface area contributed by atoms with E-state index in [9.17, 15) is 19.2 Å². The minimum atomic E-state index is -0.384. The zero-order valence-electron chi connectivity index (χ0n) is 30.7. The molecule has 11 heteroatoms. The van der Waals surface area contributed by atoms with Crippen molar-refractivity contribution in [3.05, 3.63) is 119 Å². The Balaban J connectivity index is 1.09. The molecule has 4 aromatic carbocycles. The molecule has 7 rings (SSSR count). The Labute approximate surface area is 315 Å². The van der Waals surface area contributed by atoms with Crippen LogP contribution in [0.4, 0.5) is 5.69 Å². The van der Waals surface area contributed by atoms with E-state index in [0.29, 0.717) is 61.8 Å². The highest BCUT2D eigenvalue weighted by atomic mass is 16.7. The molecule has 0 bridgehead atoms. The van der Waals surface area contributed by atoms with Crippen molar-refractivity contribution in [3.8, 4) is 17.2 Å². The molecule has 0 aromatic heterocycles. The van der Waals surface area contributed by atoms with Crippen molar-refractivity contribution >= 4 is 29.3 Å². The number of para-hydroxylation sites is 2. The number of ether oxygens (including phenoxy) is 3. The van der Waals surface area contributed by atoms with Gasteiger partial charge in [0.25, 0.3) is 11.8 Å². The molecule has 0 aliphatic carbocycles. The Bertz CT molecular complexity index is 1970. The predicted octanol–water partition coefficient (Wildman–Crippen LogP) is 5.72. The van der Waals surface area contributed by atoms with Crippen LogP contribution in [0.2, 0.25) is 0 Å². The van der Waals surface area contributed by atoms with Gasteiger partial charge >= 0.3 is 0 Å². The number of hydrogen-bond acceptors (Lipinski definition) is 8. The van der Waals surface area contributed by atoms with Crippen LogP contribution in [0.25, 0.3) is 0 Å². The second kappa shape index (κ2) is 16.4. The van der Waals surface area contributed by atoms with Gasteiger partial charge in [-0.25, -0.2) is 0 Å². The molecule has 280 valence electrons. The average molecular weight is 731 g/mol. The summed E-state index contributed by atoms with van der Waals surface area (Å²) in [7, 11) is 0. The molecule has 4 amide bonds. The quantitative estimate of drug-likeness (QED) is 0.146. The van der Waals surface area contributed by atoms with Crippen LogP contribution in [-0.2, 0) is 22.4 Å². The number of anilines is 1. The first kappa shape index (κ1) is 36.5. The summed E-state index contributed by atoms with van der Waals surface area (Å²) in [6.07, 6.45) is 1.40. The van der Waals surface area contributed by atoms with Gasteiger partial charge in [-0.2, -0.15) is 0 Å². The highest BCUT2D eigenvalue weighted by Gasteiger charge is 2.36. The molecule has 1 unspecified atom stereocenters. The molecule has 3 aliphatic rings. The van der Waals surface area contributed by atoms with E-state index in [1.54, 1.807) is 24.3 Å². The van der Waals surface area contributed by atoms with Gasteiger partial charge in [-0.15, -0.1) is 0 Å². The molecular weight excluding hydrogens is 684 g/mol. The van der Waals surface area contributed by atoms with Gasteiger partial charge < -0.3 is 29.3 Å². The number of fused-ring (bicyclic) bond motifs is 3. The van der Waals surface area contributed by atoms with Crippen LogP contribution in [0.3, 0.4) is 0 Å². The van der Waals surface area contributed by atoms with Crippen LogP contribution >= 0.6 is 0 Å². The second-order valence-electron chi connectivity index (χ2n) is 14.4. The number of carbonyl (C=O) groups excluding carboxylic acids is 4. The third kappa shape index (κ3) is 8.20. The molecule has 0 spiro atoms. The summed E-state index contributed by atoms with van der Waals surface area (Å²) >= 11 is 0. The van der Waals surface area contributed by atoms with Gasteiger partial charge in [-0.1, -0.05) is 74.5 Å². The lowest BCUT2D eigenvalue weighted by Gasteiger charge is -2.36. The molecule has 2 atom stereocenters. The van der Waals surface area contributed by atoms with E-state index < -0.39 is 0 Å². The molecular formula is C43H46N4O7. The highest BCUT2D eigenvalue weighted by molar-refractivity contribution is 6.21. The Morgan fingerprint density at radius 3 is 2.22 bits per heavy atom. The van der Waals surface area contributed by atoms with Crippen LogP contribution in [-0.4, -0.2) is 79.2 Å². The minimum absolute atomic E-state index is 0.0213. The molecule has 1 N–H and O–H groups in total. The molecule has 0 saturated heterocycles. The summed E-state index contributed by atoms with van der Waals surface area (Å²) in [6, 6.07) is 30.1. The fourth-order valence-corrected chi connectivity index (χ4v) is 7.48. The minimum Gasteiger partial charge on any atom is -0.471 e. The molecule has 4 aromatic rings. The first-order valence-corrected chi connectivity index (χ1v) is 18.7. The number of nitrogens with zero attached hydrogens (tertiary/aromatic N) is 3. The van der Waals surface area contributed by atoms with Gasteiger partial charge in [0.1, 0.15) is 5.75 Å². The number of carbonyl (C=O) groups is 4. The number of imide groups is 1. The van der Waals surface area contributed by atoms with E-state index in [0.717, 1.165) is 22.6 Å². The number of hydrogen-bond donors (Lipinski definition) is 1. The van der Waals surface area contributed by atoms with Gasteiger partial charge in [0.2, 0.25) is 18.6 Å². The van der Waals surface area contributed by atoms with E-state index >= 15 is 0 Å². The number of benzene rings is 4. The summed E-state index contributed by atoms with van der Waals surface area (Å²) in [5, 5.41) is 3.37. The molecule has 3 heterocycles. The third-order valence-electron chi connectivity index (χ3n) is 10.5. The maximum absolute atomic E-state index is 14.2. The zero-order valence-corrected chi connectivity index (χ0v) is 30.7. The lowest BCUT2D eigenvalue weighted by atomic mass is 9.84. The van der Waals surface area contributed by atoms with Gasteiger partial charge in [-0.3, -0.25) is 24.1 Å². The maximum Gasteiger partial charge on any atom is 0.261 e. The number of amides is 4. The Kier molecular flexibility index (Phi) is 11.1. The SMILES string of the molecule is CC(C)C(CN(CCc1ccc2c(c1)OCO2)C(=O)CCN1C(=O)c2ccccc2C1=O)[C@H](Cc1ccccc1)NC(=O)CCN1COc2ccccc21. The first-order chi connectivity index (χ1) is 26.2. The summed E-state index contributed by atoms with van der Waals surface area (Å²) in [4.78, 5) is 59.3. The zero-order chi connectivity index (χ0) is 37.6. The summed E-state index contributed by atoms with van der Waals surface area (Å²) in [5.41, 5.74) is 3.76. The Morgan fingerprint density at radius 2 is 1.46 bits per heavy atom. The molecule has 3 aliphatic heterocycles. The second-order valence-corrected chi connectivity index (χ2v) is 14.4. The van der Waals surface area contributed by atoms with E-state index in [2.05, 4.69) is 36.2 Å². The lowest BCUT2D eigenvalue weighted by Crippen LogP contribution is -2.50. The first-order valence-electron chi connectivity index (χ1n) is 18.7. The van der Waals surface area contributed by atoms with Crippen molar-refractivity contribution in [2.24, 2.45) is 11.8 Å². The van der Waals surface area contributed by atoms with Crippen LogP contribution in [0, 0.1) is 11.8 Å². The third-order valence-corrected chi connectivity index (χ3v) is 10.5. The van der Waals surface area contributed by atoms with Gasteiger partial charge in [0.15, 0.2) is 18.2 Å². The molecule has 0 radical (unpaired) electrons. The van der Waals surface area contributed by atoms with E-state index in [4.69, 9.17) is 14.2 Å². The van der Waals surface area contributed by atoms with Crippen molar-refractivity contribution in [1.29, 1.82) is 0 Å². The van der Waals surface area contributed by atoms with Crippen molar-refractivity contribution < 1.29 is 33.4 Å². The lowest BCUT2D eigenvalue weighted by molar-refractivity contribution is -0.132. The van der Waals surface area contributed by atoms with Crippen LogP contribution in [0.5, 0.6) is 17.2 Å². The fraction of sp³-hybridized carbons (Fsp3) is 0.349. The summed E-state index contributed by atoms with van der Waals surface area (Å²) < 4.78 is 16.9. The molecule has 0 saturated carbocycles. The Hall–Kier alpha value is -5.84. The van der Waals surface area contributed by atoms with Gasteiger partial charge in [0.05, 0.1) is 16.8 Å². The van der Waals surface area contributed by atoms with Gasteiger partial charge in [-0.05, 0) is 72.2 Å². The van der Waals surface area contributed by atoms with Crippen molar-refractivity contribution in [1.82, 2.24) is 15.1 Å². The van der Waals surface area contributed by atoms with E-state index in [-0.39, 0.29) is 67.7 Å². The monoisotopic (exact) mass is 730 g/mol. The summed E-state index contributed by atoms with van der Waals surface area (Å²) in [6.45, 7) is 6.05. The number of rotatable bonds is 16. The maximum atomic E-state index is 14.2. The van der Waals surface area contributed by atoms with Crippen LogP contribution in [0.1, 0.15) is 58.5 Å².